The number of aliphatic hydroxyl groups is 1. The molecule has 1 unspecified atom stereocenters. The normalized spacial score (nSPS) is 13.1. The van der Waals surface area contributed by atoms with Gasteiger partial charge in [0.05, 0.1) is 24.7 Å². The topological polar surface area (TPSA) is 55.5 Å². The van der Waals surface area contributed by atoms with Crippen LogP contribution in [-0.4, -0.2) is 23.9 Å². The van der Waals surface area contributed by atoms with Crippen LogP contribution in [0.3, 0.4) is 0 Å². The summed E-state index contributed by atoms with van der Waals surface area (Å²) in [6.45, 7) is 5.24. The molecule has 0 saturated heterocycles. The van der Waals surface area contributed by atoms with Crippen LogP contribution in [-0.2, 0) is 17.8 Å². The van der Waals surface area contributed by atoms with Gasteiger partial charge in [0.1, 0.15) is 0 Å². The molecule has 0 saturated carbocycles. The number of aliphatic hydroxyl groups excluding tert-OH is 1. The maximum Gasteiger partial charge on any atom is 0.0771 e. The molecule has 1 aromatic carbocycles. The zero-order chi connectivity index (χ0) is 18.1. The van der Waals surface area contributed by atoms with Gasteiger partial charge in [-0.15, -0.1) is 11.3 Å². The fraction of sp³-hybridized carbons (Fsp3) is 0.429. The first-order chi connectivity index (χ1) is 12.0. The minimum Gasteiger partial charge on any atom is -0.394 e. The molecular weight excluding hydrogens is 330 g/mol. The summed E-state index contributed by atoms with van der Waals surface area (Å²) in [7, 11) is 0. The van der Waals surface area contributed by atoms with Crippen LogP contribution in [0.15, 0.2) is 36.4 Å². The molecule has 0 radical (unpaired) electrons. The van der Waals surface area contributed by atoms with Gasteiger partial charge in [-0.05, 0) is 44.4 Å². The lowest BCUT2D eigenvalue weighted by Crippen LogP contribution is -2.40. The van der Waals surface area contributed by atoms with E-state index in [1.807, 2.05) is 13.0 Å². The highest BCUT2D eigenvalue weighted by molar-refractivity contribution is 7.12. The molecule has 2 rings (SSSR count). The molecule has 0 fully saturated rings. The Hall–Kier alpha value is -1.64. The van der Waals surface area contributed by atoms with Crippen LogP contribution < -0.4 is 5.73 Å². The van der Waals surface area contributed by atoms with Crippen LogP contribution in [0, 0.1) is 18.8 Å². The van der Waals surface area contributed by atoms with Gasteiger partial charge in [-0.25, -0.2) is 0 Å². The summed E-state index contributed by atoms with van der Waals surface area (Å²) in [6.07, 6.45) is 2.37. The number of hydrogen-bond acceptors (Lipinski definition) is 4. The van der Waals surface area contributed by atoms with Crippen molar-refractivity contribution >= 4 is 11.3 Å². The first-order valence-electron chi connectivity index (χ1n) is 8.59. The van der Waals surface area contributed by atoms with Gasteiger partial charge < -0.3 is 15.6 Å². The van der Waals surface area contributed by atoms with Gasteiger partial charge in [0.2, 0.25) is 0 Å². The van der Waals surface area contributed by atoms with E-state index in [9.17, 15) is 5.11 Å². The third-order valence-corrected chi connectivity index (χ3v) is 4.96. The van der Waals surface area contributed by atoms with Crippen molar-refractivity contribution in [3.8, 4) is 11.8 Å². The minimum atomic E-state index is -0.509. The Kier molecular flexibility index (Phi) is 7.67. The molecule has 0 bridgehead atoms. The van der Waals surface area contributed by atoms with Crippen LogP contribution in [0.1, 0.15) is 40.6 Å². The number of ether oxygens (including phenoxy) is 1. The fourth-order valence-corrected chi connectivity index (χ4v) is 3.21. The van der Waals surface area contributed by atoms with Crippen LogP contribution in [0.25, 0.3) is 0 Å². The average Bonchev–Trinajstić information content (AvgIpc) is 3.04. The Morgan fingerprint density at radius 1 is 1.28 bits per heavy atom. The Morgan fingerprint density at radius 3 is 2.88 bits per heavy atom. The number of nitrogens with two attached hydrogens (primary N) is 1. The van der Waals surface area contributed by atoms with Crippen molar-refractivity contribution in [2.45, 2.75) is 45.3 Å². The van der Waals surface area contributed by atoms with E-state index in [2.05, 4.69) is 49.1 Å². The Bertz CT molecular complexity index is 725. The van der Waals surface area contributed by atoms with Gasteiger partial charge in [0.25, 0.3) is 0 Å². The minimum absolute atomic E-state index is 0.00753. The Balaban J connectivity index is 1.69. The van der Waals surface area contributed by atoms with Crippen LogP contribution >= 0.6 is 11.3 Å². The van der Waals surface area contributed by atoms with Crippen molar-refractivity contribution < 1.29 is 9.84 Å². The largest absolute Gasteiger partial charge is 0.394 e. The Morgan fingerprint density at radius 2 is 2.12 bits per heavy atom. The quantitative estimate of drug-likeness (QED) is 0.560. The van der Waals surface area contributed by atoms with Gasteiger partial charge in [-0.1, -0.05) is 41.7 Å². The molecule has 0 aliphatic heterocycles. The second kappa shape index (κ2) is 9.74. The zero-order valence-corrected chi connectivity index (χ0v) is 15.9. The third kappa shape index (κ3) is 7.41. The maximum atomic E-state index is 9.19. The van der Waals surface area contributed by atoms with Crippen molar-refractivity contribution in [3.05, 3.63) is 57.3 Å². The molecule has 1 atom stereocenters. The lowest BCUT2D eigenvalue weighted by Gasteiger charge is -2.20. The van der Waals surface area contributed by atoms with Crippen molar-refractivity contribution in [3.63, 3.8) is 0 Å². The van der Waals surface area contributed by atoms with E-state index in [1.54, 1.807) is 11.3 Å². The highest BCUT2D eigenvalue weighted by Gasteiger charge is 2.16. The van der Waals surface area contributed by atoms with E-state index in [4.69, 9.17) is 10.5 Å². The standard InChI is InChI=1S/C21H27NO2S/c1-17-6-5-7-18(14-17)15-24-13-4-3-8-19-9-10-20(25-19)11-12-21(2,22)16-23/h5-7,9-10,14,23H,4,11-13,15-16,22H2,1-2H3. The van der Waals surface area contributed by atoms with E-state index in [0.717, 1.165) is 24.1 Å². The van der Waals surface area contributed by atoms with Crippen LogP contribution in [0.2, 0.25) is 0 Å². The highest BCUT2D eigenvalue weighted by atomic mass is 32.1. The molecule has 0 aliphatic carbocycles. The van der Waals surface area contributed by atoms with E-state index in [0.29, 0.717) is 13.2 Å². The van der Waals surface area contributed by atoms with Gasteiger partial charge in [-0.2, -0.15) is 0 Å². The summed E-state index contributed by atoms with van der Waals surface area (Å²) < 4.78 is 5.67. The second-order valence-electron chi connectivity index (χ2n) is 6.67. The fourth-order valence-electron chi connectivity index (χ4n) is 2.33. The summed E-state index contributed by atoms with van der Waals surface area (Å²) in [6, 6.07) is 12.5. The average molecular weight is 358 g/mol. The summed E-state index contributed by atoms with van der Waals surface area (Å²) >= 11 is 1.69. The summed E-state index contributed by atoms with van der Waals surface area (Å²) in [5.41, 5.74) is 7.90. The molecule has 2 aromatic rings. The molecule has 3 nitrogen and oxygen atoms in total. The van der Waals surface area contributed by atoms with Crippen molar-refractivity contribution in [1.82, 2.24) is 0 Å². The number of hydrogen-bond donors (Lipinski definition) is 2. The second-order valence-corrected chi connectivity index (χ2v) is 7.84. The van der Waals surface area contributed by atoms with E-state index >= 15 is 0 Å². The zero-order valence-electron chi connectivity index (χ0n) is 15.0. The summed E-state index contributed by atoms with van der Waals surface area (Å²) in [5.74, 6) is 6.36. The van der Waals surface area contributed by atoms with E-state index in [1.165, 1.54) is 16.0 Å². The number of thiophene rings is 1. The molecule has 3 N–H and O–H groups in total. The number of benzene rings is 1. The van der Waals surface area contributed by atoms with Crippen LogP contribution in [0.4, 0.5) is 0 Å². The molecule has 0 amide bonds. The predicted molar refractivity (Wildman–Crippen MR) is 105 cm³/mol. The number of aryl methyl sites for hydroxylation is 2. The molecule has 0 spiro atoms. The van der Waals surface area contributed by atoms with Crippen molar-refractivity contribution in [1.29, 1.82) is 0 Å². The molecule has 134 valence electrons. The lowest BCUT2D eigenvalue weighted by molar-refractivity contribution is 0.126. The van der Waals surface area contributed by atoms with Crippen LogP contribution in [0.5, 0.6) is 0 Å². The first-order valence-corrected chi connectivity index (χ1v) is 9.41. The monoisotopic (exact) mass is 357 g/mol. The van der Waals surface area contributed by atoms with Gasteiger partial charge in [0.15, 0.2) is 0 Å². The molecule has 25 heavy (non-hydrogen) atoms. The first kappa shape index (κ1) is 19.7. The van der Waals surface area contributed by atoms with Gasteiger partial charge >= 0.3 is 0 Å². The van der Waals surface area contributed by atoms with Crippen molar-refractivity contribution in [2.75, 3.05) is 13.2 Å². The summed E-state index contributed by atoms with van der Waals surface area (Å²) in [5, 5.41) is 9.19. The van der Waals surface area contributed by atoms with E-state index in [-0.39, 0.29) is 6.61 Å². The van der Waals surface area contributed by atoms with Gasteiger partial charge in [-0.3, -0.25) is 0 Å². The SMILES string of the molecule is Cc1cccc(COCCC#Cc2ccc(CCC(C)(N)CO)s2)c1. The Labute approximate surface area is 154 Å². The lowest BCUT2D eigenvalue weighted by atomic mass is 9.98. The highest BCUT2D eigenvalue weighted by Crippen LogP contribution is 2.19. The number of rotatable bonds is 8. The van der Waals surface area contributed by atoms with E-state index < -0.39 is 5.54 Å². The summed E-state index contributed by atoms with van der Waals surface area (Å²) in [4.78, 5) is 2.32. The smallest absolute Gasteiger partial charge is 0.0771 e. The molecular formula is C21H27NO2S. The predicted octanol–water partition coefficient (Wildman–Crippen LogP) is 3.66. The molecule has 1 aromatic heterocycles. The van der Waals surface area contributed by atoms with Gasteiger partial charge in [0, 0.05) is 16.8 Å². The van der Waals surface area contributed by atoms with Crippen molar-refractivity contribution in [2.24, 2.45) is 5.73 Å². The maximum absolute atomic E-state index is 9.19. The molecule has 4 heteroatoms. The molecule has 1 heterocycles. The third-order valence-electron chi connectivity index (χ3n) is 3.90. The molecule has 0 aliphatic rings.